The Morgan fingerprint density at radius 2 is 1.97 bits per heavy atom. The fraction of sp³-hybridized carbons (Fsp3) is 0.261. The van der Waals surface area contributed by atoms with E-state index < -0.39 is 5.91 Å². The van der Waals surface area contributed by atoms with E-state index in [9.17, 15) is 9.90 Å². The summed E-state index contributed by atoms with van der Waals surface area (Å²) in [5.74, 6) is -0.560. The van der Waals surface area contributed by atoms with Crippen LogP contribution in [0, 0.1) is 6.92 Å². The predicted molar refractivity (Wildman–Crippen MR) is 115 cm³/mol. The quantitative estimate of drug-likeness (QED) is 0.256. The van der Waals surface area contributed by atoms with E-state index in [1.54, 1.807) is 11.6 Å². The van der Waals surface area contributed by atoms with Crippen LogP contribution in [0.25, 0.3) is 17.0 Å². The molecule has 0 bridgehead atoms. The normalized spacial score (nSPS) is 11.6. The number of fused-ring (bicyclic) bond motifs is 1. The Balaban J connectivity index is 1.62. The van der Waals surface area contributed by atoms with E-state index in [1.807, 2.05) is 24.3 Å². The van der Waals surface area contributed by atoms with Crippen LogP contribution in [0.1, 0.15) is 22.3 Å². The lowest BCUT2D eigenvalue weighted by Gasteiger charge is -2.21. The Hall–Kier alpha value is -2.93. The summed E-state index contributed by atoms with van der Waals surface area (Å²) in [6.45, 7) is 4.40. The van der Waals surface area contributed by atoms with E-state index >= 15 is 0 Å². The number of aliphatic hydroxyl groups is 1. The van der Waals surface area contributed by atoms with Crippen LogP contribution in [-0.2, 0) is 17.8 Å². The zero-order valence-corrected chi connectivity index (χ0v) is 16.6. The molecule has 6 heteroatoms. The first-order valence-corrected chi connectivity index (χ1v) is 9.70. The van der Waals surface area contributed by atoms with Gasteiger partial charge in [0.2, 0.25) is 0 Å². The number of hydroxylamine groups is 1. The Bertz CT molecular complexity index is 977. The highest BCUT2D eigenvalue weighted by Crippen LogP contribution is 2.20. The number of carbonyl (C=O) groups is 1. The van der Waals surface area contributed by atoms with Crippen molar-refractivity contribution in [3.8, 4) is 0 Å². The van der Waals surface area contributed by atoms with Gasteiger partial charge in [-0.25, -0.2) is 5.48 Å². The second kappa shape index (κ2) is 10.0. The van der Waals surface area contributed by atoms with E-state index in [4.69, 9.17) is 5.21 Å². The molecule has 1 amide bonds. The first-order chi connectivity index (χ1) is 14.1. The van der Waals surface area contributed by atoms with Gasteiger partial charge in [-0.05, 0) is 47.7 Å². The number of nitrogens with zero attached hydrogens (tertiary/aromatic N) is 1. The molecule has 1 heterocycles. The van der Waals surface area contributed by atoms with Gasteiger partial charge in [0.1, 0.15) is 0 Å². The Kier molecular flexibility index (Phi) is 7.19. The van der Waals surface area contributed by atoms with Crippen molar-refractivity contribution in [2.45, 2.75) is 19.9 Å². The fourth-order valence-electron chi connectivity index (χ4n) is 3.40. The standard InChI is InChI=1S/C23H27N3O3/c1-17-2-8-21-20(15-24-22(21)14-17)10-11-26(12-13-27)16-19-5-3-18(4-6-19)7-9-23(28)25-29/h2-9,14-15,24,27,29H,10-13,16H2,1H3,(H,25,28)/b9-7+. The maximum Gasteiger partial charge on any atom is 0.267 e. The summed E-state index contributed by atoms with van der Waals surface area (Å²) in [6, 6.07) is 14.3. The average molecular weight is 393 g/mol. The van der Waals surface area contributed by atoms with Gasteiger partial charge in [0.05, 0.1) is 6.61 Å². The van der Waals surface area contributed by atoms with Crippen LogP contribution in [0.15, 0.2) is 54.7 Å². The van der Waals surface area contributed by atoms with E-state index in [-0.39, 0.29) is 6.61 Å². The summed E-state index contributed by atoms with van der Waals surface area (Å²) >= 11 is 0. The van der Waals surface area contributed by atoms with Gasteiger partial charge >= 0.3 is 0 Å². The van der Waals surface area contributed by atoms with Crippen molar-refractivity contribution in [2.24, 2.45) is 0 Å². The maximum absolute atomic E-state index is 11.1. The number of hydrogen-bond donors (Lipinski definition) is 4. The first kappa shape index (κ1) is 20.8. The van der Waals surface area contributed by atoms with Crippen molar-refractivity contribution >= 4 is 22.9 Å². The second-order valence-corrected chi connectivity index (χ2v) is 7.16. The summed E-state index contributed by atoms with van der Waals surface area (Å²) in [6.07, 6.45) is 5.89. The number of benzene rings is 2. The SMILES string of the molecule is Cc1ccc2c(CCN(CCO)Cc3ccc(/C=C/C(=O)NO)cc3)c[nH]c2c1. The summed E-state index contributed by atoms with van der Waals surface area (Å²) in [5, 5.41) is 19.2. The smallest absolute Gasteiger partial charge is 0.267 e. The highest BCUT2D eigenvalue weighted by Gasteiger charge is 2.09. The molecule has 0 aliphatic heterocycles. The van der Waals surface area contributed by atoms with Gasteiger partial charge in [-0.1, -0.05) is 36.4 Å². The second-order valence-electron chi connectivity index (χ2n) is 7.16. The molecule has 2 aromatic carbocycles. The summed E-state index contributed by atoms with van der Waals surface area (Å²) < 4.78 is 0. The lowest BCUT2D eigenvalue weighted by atomic mass is 10.1. The molecule has 0 aliphatic carbocycles. The van der Waals surface area contributed by atoms with Crippen LogP contribution in [0.4, 0.5) is 0 Å². The number of H-pyrrole nitrogens is 1. The van der Waals surface area contributed by atoms with Crippen LogP contribution < -0.4 is 5.48 Å². The number of aromatic amines is 1. The van der Waals surface area contributed by atoms with Crippen molar-refractivity contribution < 1.29 is 15.1 Å². The highest BCUT2D eigenvalue weighted by atomic mass is 16.5. The number of amides is 1. The van der Waals surface area contributed by atoms with Crippen molar-refractivity contribution in [2.75, 3.05) is 19.7 Å². The Morgan fingerprint density at radius 3 is 2.69 bits per heavy atom. The molecular formula is C23H27N3O3. The molecule has 0 saturated heterocycles. The van der Waals surface area contributed by atoms with Gasteiger partial charge in [-0.15, -0.1) is 0 Å². The number of aliphatic hydroxyl groups excluding tert-OH is 1. The monoisotopic (exact) mass is 393 g/mol. The van der Waals surface area contributed by atoms with Gasteiger partial charge < -0.3 is 10.1 Å². The van der Waals surface area contributed by atoms with Crippen molar-refractivity contribution in [1.29, 1.82) is 0 Å². The molecular weight excluding hydrogens is 366 g/mol. The molecule has 0 atom stereocenters. The average Bonchev–Trinajstić information content (AvgIpc) is 3.13. The number of aryl methyl sites for hydroxylation is 1. The molecule has 0 unspecified atom stereocenters. The van der Waals surface area contributed by atoms with Gasteiger partial charge in [0, 0.05) is 42.8 Å². The number of nitrogens with one attached hydrogen (secondary N) is 2. The number of hydrogen-bond acceptors (Lipinski definition) is 4. The van der Waals surface area contributed by atoms with Crippen LogP contribution in [0.3, 0.4) is 0 Å². The lowest BCUT2D eigenvalue weighted by Crippen LogP contribution is -2.28. The van der Waals surface area contributed by atoms with Crippen molar-refractivity contribution in [3.05, 3.63) is 77.0 Å². The highest BCUT2D eigenvalue weighted by molar-refractivity contribution is 5.90. The van der Waals surface area contributed by atoms with Crippen LogP contribution in [0.2, 0.25) is 0 Å². The summed E-state index contributed by atoms with van der Waals surface area (Å²) in [5.41, 5.74) is 7.26. The third-order valence-corrected chi connectivity index (χ3v) is 4.96. The molecule has 6 nitrogen and oxygen atoms in total. The molecule has 0 radical (unpaired) electrons. The molecule has 1 aromatic heterocycles. The van der Waals surface area contributed by atoms with E-state index in [0.717, 1.165) is 36.2 Å². The third-order valence-electron chi connectivity index (χ3n) is 4.96. The van der Waals surface area contributed by atoms with Crippen LogP contribution in [-0.4, -0.2) is 45.8 Å². The maximum atomic E-state index is 11.1. The minimum Gasteiger partial charge on any atom is -0.395 e. The molecule has 29 heavy (non-hydrogen) atoms. The molecule has 0 spiro atoms. The molecule has 152 valence electrons. The topological polar surface area (TPSA) is 88.6 Å². The van der Waals surface area contributed by atoms with Crippen LogP contribution in [0.5, 0.6) is 0 Å². The van der Waals surface area contributed by atoms with E-state index in [1.165, 1.54) is 22.6 Å². The number of aromatic nitrogens is 1. The number of carbonyl (C=O) groups excluding carboxylic acids is 1. The van der Waals surface area contributed by atoms with E-state index in [2.05, 4.69) is 41.2 Å². The lowest BCUT2D eigenvalue weighted by molar-refractivity contribution is -0.124. The zero-order chi connectivity index (χ0) is 20.6. The zero-order valence-electron chi connectivity index (χ0n) is 16.6. The molecule has 0 fully saturated rings. The Morgan fingerprint density at radius 1 is 1.17 bits per heavy atom. The van der Waals surface area contributed by atoms with Crippen LogP contribution >= 0.6 is 0 Å². The predicted octanol–water partition coefficient (Wildman–Crippen LogP) is 3.03. The van der Waals surface area contributed by atoms with Gasteiger partial charge in [-0.3, -0.25) is 14.9 Å². The minimum atomic E-state index is -0.560. The first-order valence-electron chi connectivity index (χ1n) is 9.70. The van der Waals surface area contributed by atoms with E-state index in [0.29, 0.717) is 6.54 Å². The summed E-state index contributed by atoms with van der Waals surface area (Å²) in [7, 11) is 0. The molecule has 4 N–H and O–H groups in total. The van der Waals surface area contributed by atoms with Gasteiger partial charge in [0.15, 0.2) is 0 Å². The third kappa shape index (κ3) is 5.77. The molecule has 0 saturated carbocycles. The summed E-state index contributed by atoms with van der Waals surface area (Å²) in [4.78, 5) is 16.6. The van der Waals surface area contributed by atoms with Gasteiger partial charge in [0.25, 0.3) is 5.91 Å². The van der Waals surface area contributed by atoms with Crippen molar-refractivity contribution in [1.82, 2.24) is 15.4 Å². The Labute approximate surface area is 170 Å². The molecule has 0 aliphatic rings. The fourth-order valence-corrected chi connectivity index (χ4v) is 3.40. The largest absolute Gasteiger partial charge is 0.395 e. The molecule has 3 aromatic rings. The minimum absolute atomic E-state index is 0.115. The molecule has 3 rings (SSSR count). The van der Waals surface area contributed by atoms with Gasteiger partial charge in [-0.2, -0.15) is 0 Å². The number of rotatable bonds is 9. The van der Waals surface area contributed by atoms with Crippen molar-refractivity contribution in [3.63, 3.8) is 0 Å².